The molecule has 0 aromatic heterocycles. The third-order valence-electron chi connectivity index (χ3n) is 1.12. The quantitative estimate of drug-likeness (QED) is 0.523. The van der Waals surface area contributed by atoms with E-state index in [0.717, 1.165) is 19.8 Å². The second-order valence-electron chi connectivity index (χ2n) is 1.85. The van der Waals surface area contributed by atoms with Crippen molar-refractivity contribution in [1.29, 1.82) is 0 Å². The lowest BCUT2D eigenvalue weighted by Crippen LogP contribution is -2.29. The fourth-order valence-electron chi connectivity index (χ4n) is 0.740. The molecule has 0 radical (unpaired) electrons. The van der Waals surface area contributed by atoms with Crippen molar-refractivity contribution in [2.45, 2.75) is 0 Å². The van der Waals surface area contributed by atoms with Crippen molar-refractivity contribution in [3.05, 3.63) is 0 Å². The fraction of sp³-hybridized carbons (Fsp3) is 0.800. The summed E-state index contributed by atoms with van der Waals surface area (Å²) < 4.78 is 0. The van der Waals surface area contributed by atoms with Gasteiger partial charge in [0.1, 0.15) is 0 Å². The van der Waals surface area contributed by atoms with Gasteiger partial charge in [-0.3, -0.25) is 4.99 Å². The number of hydrogen-bond acceptors (Lipinski definition) is 3. The van der Waals surface area contributed by atoms with Crippen LogP contribution in [0, 0.1) is 0 Å². The van der Waals surface area contributed by atoms with Crippen LogP contribution in [0.1, 0.15) is 0 Å². The Hall–Kier alpha value is -0.570. The molecule has 0 aliphatic carbocycles. The number of nitrogens with one attached hydrogen (secondary N) is 1. The van der Waals surface area contributed by atoms with Crippen LogP contribution < -0.4 is 5.32 Å². The molecule has 0 unspecified atom stereocenters. The summed E-state index contributed by atoms with van der Waals surface area (Å²) in [5.74, 6) is 0. The van der Waals surface area contributed by atoms with Crippen molar-refractivity contribution in [3.63, 3.8) is 0 Å². The number of aliphatic imine (C=N–C) groups is 1. The molecule has 0 atom stereocenters. The third-order valence-corrected chi connectivity index (χ3v) is 1.12. The highest BCUT2D eigenvalue weighted by Gasteiger charge is 2.00. The first kappa shape index (κ1) is 5.56. The molecule has 1 heterocycles. The minimum atomic E-state index is 0.920. The van der Waals surface area contributed by atoms with E-state index in [2.05, 4.69) is 15.2 Å². The van der Waals surface area contributed by atoms with Crippen LogP contribution in [0.2, 0.25) is 0 Å². The van der Waals surface area contributed by atoms with Gasteiger partial charge in [0.25, 0.3) is 0 Å². The van der Waals surface area contributed by atoms with E-state index in [9.17, 15) is 0 Å². The summed E-state index contributed by atoms with van der Waals surface area (Å²) in [5.41, 5.74) is 0. The second-order valence-corrected chi connectivity index (χ2v) is 1.85. The largest absolute Gasteiger partial charge is 0.348 e. The van der Waals surface area contributed by atoms with Crippen molar-refractivity contribution in [2.75, 3.05) is 26.8 Å². The maximum Gasteiger partial charge on any atom is 0.0861 e. The Labute approximate surface area is 49.4 Å². The molecule has 1 rings (SSSR count). The average molecular weight is 113 g/mol. The van der Waals surface area contributed by atoms with Gasteiger partial charge < -0.3 is 10.2 Å². The lowest BCUT2D eigenvalue weighted by atomic mass is 10.6. The smallest absolute Gasteiger partial charge is 0.0861 e. The maximum absolute atomic E-state index is 4.04. The lowest BCUT2D eigenvalue weighted by Gasteiger charge is -2.10. The molecule has 0 amide bonds. The van der Waals surface area contributed by atoms with E-state index in [0.29, 0.717) is 0 Å². The Balaban J connectivity index is 2.16. The fourth-order valence-corrected chi connectivity index (χ4v) is 0.740. The predicted octanol–water partition coefficient (Wildman–Crippen LogP) is -0.493. The summed E-state index contributed by atoms with van der Waals surface area (Å²) in [6, 6.07) is 0. The monoisotopic (exact) mass is 113 g/mol. The number of nitrogens with zero attached hydrogens (tertiary/aromatic N) is 2. The van der Waals surface area contributed by atoms with Gasteiger partial charge in [-0.1, -0.05) is 0 Å². The molecule has 1 aliphatic rings. The first-order valence-corrected chi connectivity index (χ1v) is 2.82. The van der Waals surface area contributed by atoms with E-state index < -0.39 is 0 Å². The van der Waals surface area contributed by atoms with Crippen LogP contribution in [0.15, 0.2) is 4.99 Å². The zero-order chi connectivity index (χ0) is 5.82. The van der Waals surface area contributed by atoms with E-state index in [-0.39, 0.29) is 0 Å². The summed E-state index contributed by atoms with van der Waals surface area (Å²) in [6.07, 6.45) is 1.89. The highest BCUT2D eigenvalue weighted by Crippen LogP contribution is 1.88. The van der Waals surface area contributed by atoms with E-state index in [1.54, 1.807) is 0 Å². The highest BCUT2D eigenvalue weighted by molar-refractivity contribution is 5.56. The molecule has 0 aromatic rings. The topological polar surface area (TPSA) is 27.6 Å². The van der Waals surface area contributed by atoms with Crippen LogP contribution in [0.5, 0.6) is 0 Å². The SMILES string of the molecule is CNCN1C=NCC1. The van der Waals surface area contributed by atoms with E-state index in [1.807, 2.05) is 13.4 Å². The molecule has 46 valence electrons. The zero-order valence-electron chi connectivity index (χ0n) is 5.09. The van der Waals surface area contributed by atoms with Crippen molar-refractivity contribution >= 4 is 6.34 Å². The number of rotatable bonds is 2. The van der Waals surface area contributed by atoms with Gasteiger partial charge in [0.2, 0.25) is 0 Å². The Morgan fingerprint density at radius 1 is 1.88 bits per heavy atom. The summed E-state index contributed by atoms with van der Waals surface area (Å²) in [5, 5.41) is 3.04. The van der Waals surface area contributed by atoms with Crippen LogP contribution in [0.25, 0.3) is 0 Å². The van der Waals surface area contributed by atoms with Gasteiger partial charge in [0, 0.05) is 6.54 Å². The molecule has 0 fully saturated rings. The molecular weight excluding hydrogens is 102 g/mol. The van der Waals surface area contributed by atoms with E-state index >= 15 is 0 Å². The molecule has 0 aromatic carbocycles. The number of hydrogen-bond donors (Lipinski definition) is 1. The van der Waals surface area contributed by atoms with Crippen LogP contribution >= 0.6 is 0 Å². The van der Waals surface area contributed by atoms with Crippen LogP contribution in [0.4, 0.5) is 0 Å². The lowest BCUT2D eigenvalue weighted by molar-refractivity contribution is 0.439. The van der Waals surface area contributed by atoms with Crippen LogP contribution in [-0.2, 0) is 0 Å². The van der Waals surface area contributed by atoms with Gasteiger partial charge in [-0.25, -0.2) is 0 Å². The van der Waals surface area contributed by atoms with Crippen LogP contribution in [0.3, 0.4) is 0 Å². The van der Waals surface area contributed by atoms with Gasteiger partial charge in [-0.15, -0.1) is 0 Å². The van der Waals surface area contributed by atoms with Gasteiger partial charge >= 0.3 is 0 Å². The summed E-state index contributed by atoms with van der Waals surface area (Å²) in [4.78, 5) is 6.18. The van der Waals surface area contributed by atoms with Gasteiger partial charge in [-0.05, 0) is 7.05 Å². The van der Waals surface area contributed by atoms with Crippen molar-refractivity contribution < 1.29 is 0 Å². The Bertz CT molecular complexity index is 89.7. The van der Waals surface area contributed by atoms with Gasteiger partial charge in [-0.2, -0.15) is 0 Å². The minimum Gasteiger partial charge on any atom is -0.348 e. The molecule has 1 N–H and O–H groups in total. The molecule has 0 spiro atoms. The highest BCUT2D eigenvalue weighted by atomic mass is 15.3. The molecule has 1 aliphatic heterocycles. The van der Waals surface area contributed by atoms with Crippen LogP contribution in [-0.4, -0.2) is 38.0 Å². The molecule has 8 heavy (non-hydrogen) atoms. The molecule has 0 saturated heterocycles. The Kier molecular flexibility index (Phi) is 1.86. The van der Waals surface area contributed by atoms with E-state index in [4.69, 9.17) is 0 Å². The van der Waals surface area contributed by atoms with Crippen molar-refractivity contribution in [1.82, 2.24) is 10.2 Å². The van der Waals surface area contributed by atoms with Crippen molar-refractivity contribution in [2.24, 2.45) is 4.99 Å². The average Bonchev–Trinajstić information content (AvgIpc) is 2.19. The first-order chi connectivity index (χ1) is 3.93. The molecule has 0 saturated carbocycles. The van der Waals surface area contributed by atoms with Gasteiger partial charge in [0.05, 0.1) is 19.6 Å². The summed E-state index contributed by atoms with van der Waals surface area (Å²) in [6.45, 7) is 2.95. The molecular formula is C5H11N3. The van der Waals surface area contributed by atoms with E-state index in [1.165, 1.54) is 0 Å². The normalized spacial score (nSPS) is 17.9. The summed E-state index contributed by atoms with van der Waals surface area (Å²) >= 11 is 0. The maximum atomic E-state index is 4.04. The zero-order valence-corrected chi connectivity index (χ0v) is 5.09. The first-order valence-electron chi connectivity index (χ1n) is 2.82. The molecule has 0 bridgehead atoms. The molecule has 3 nitrogen and oxygen atoms in total. The Morgan fingerprint density at radius 2 is 2.75 bits per heavy atom. The predicted molar refractivity (Wildman–Crippen MR) is 34.0 cm³/mol. The van der Waals surface area contributed by atoms with Crippen molar-refractivity contribution in [3.8, 4) is 0 Å². The summed E-state index contributed by atoms with van der Waals surface area (Å²) in [7, 11) is 1.94. The minimum absolute atomic E-state index is 0.920. The standard InChI is InChI=1S/C5H11N3/c1-6-4-8-3-2-7-5-8/h5-6H,2-4H2,1H3. The molecule has 3 heteroatoms. The third kappa shape index (κ3) is 1.20. The van der Waals surface area contributed by atoms with Gasteiger partial charge in [0.15, 0.2) is 0 Å². The Morgan fingerprint density at radius 3 is 3.25 bits per heavy atom. The second kappa shape index (κ2) is 2.67.